The fourth-order valence-electron chi connectivity index (χ4n) is 1.46. The predicted molar refractivity (Wildman–Crippen MR) is 70.6 cm³/mol. The van der Waals surface area contributed by atoms with Crippen molar-refractivity contribution < 1.29 is 9.13 Å². The fourth-order valence-corrected chi connectivity index (χ4v) is 1.71. The van der Waals surface area contributed by atoms with Crippen LogP contribution in [0.5, 0.6) is 5.75 Å². The maximum Gasteiger partial charge on any atom is 0.141 e. The van der Waals surface area contributed by atoms with Crippen molar-refractivity contribution in [2.45, 2.75) is 13.2 Å². The standard InChI is InChI=1S/C13H12BrFN2O/c14-12-2-1-11(6-13(12)15)18-8-9-3-4-17-10(5-9)7-16/h1-6H,7-8,16H2. The number of hydrogen-bond donors (Lipinski definition) is 1. The van der Waals surface area contributed by atoms with Gasteiger partial charge in [0.05, 0.1) is 10.2 Å². The molecule has 1 aromatic heterocycles. The van der Waals surface area contributed by atoms with Crippen molar-refractivity contribution in [1.29, 1.82) is 0 Å². The van der Waals surface area contributed by atoms with Crippen molar-refractivity contribution >= 4 is 15.9 Å². The van der Waals surface area contributed by atoms with Gasteiger partial charge < -0.3 is 10.5 Å². The van der Waals surface area contributed by atoms with Crippen LogP contribution in [-0.4, -0.2) is 4.98 Å². The van der Waals surface area contributed by atoms with Crippen LogP contribution in [0.15, 0.2) is 41.0 Å². The number of rotatable bonds is 4. The predicted octanol–water partition coefficient (Wildman–Crippen LogP) is 3.02. The van der Waals surface area contributed by atoms with Gasteiger partial charge in [0.15, 0.2) is 0 Å². The minimum absolute atomic E-state index is 0.343. The highest BCUT2D eigenvalue weighted by Crippen LogP contribution is 2.21. The molecule has 18 heavy (non-hydrogen) atoms. The van der Waals surface area contributed by atoms with E-state index in [-0.39, 0.29) is 5.82 Å². The maximum absolute atomic E-state index is 13.3. The molecule has 0 amide bonds. The van der Waals surface area contributed by atoms with Crippen LogP contribution in [0.25, 0.3) is 0 Å². The van der Waals surface area contributed by atoms with Crippen molar-refractivity contribution in [2.75, 3.05) is 0 Å². The molecule has 0 bridgehead atoms. The third kappa shape index (κ3) is 3.27. The van der Waals surface area contributed by atoms with E-state index >= 15 is 0 Å². The van der Waals surface area contributed by atoms with E-state index < -0.39 is 0 Å². The number of aromatic nitrogens is 1. The molecule has 2 rings (SSSR count). The van der Waals surface area contributed by atoms with Crippen molar-refractivity contribution in [3.63, 3.8) is 0 Å². The van der Waals surface area contributed by atoms with Gasteiger partial charge in [-0.3, -0.25) is 4.98 Å². The van der Waals surface area contributed by atoms with Gasteiger partial charge in [-0.05, 0) is 45.8 Å². The lowest BCUT2D eigenvalue weighted by atomic mass is 10.2. The van der Waals surface area contributed by atoms with Gasteiger partial charge in [0.2, 0.25) is 0 Å². The molecule has 0 aliphatic heterocycles. The molecular weight excluding hydrogens is 299 g/mol. The Hall–Kier alpha value is -1.46. The lowest BCUT2D eigenvalue weighted by Crippen LogP contribution is -2.02. The molecule has 0 fully saturated rings. The number of ether oxygens (including phenoxy) is 1. The molecule has 0 radical (unpaired) electrons. The molecule has 1 aromatic carbocycles. The van der Waals surface area contributed by atoms with E-state index in [0.29, 0.717) is 23.4 Å². The molecule has 0 saturated heterocycles. The van der Waals surface area contributed by atoms with Gasteiger partial charge in [-0.15, -0.1) is 0 Å². The molecule has 2 aromatic rings. The summed E-state index contributed by atoms with van der Waals surface area (Å²) >= 11 is 3.09. The lowest BCUT2D eigenvalue weighted by molar-refractivity contribution is 0.304. The summed E-state index contributed by atoms with van der Waals surface area (Å²) in [5, 5.41) is 0. The average molecular weight is 311 g/mol. The first-order valence-electron chi connectivity index (χ1n) is 5.41. The summed E-state index contributed by atoms with van der Waals surface area (Å²) in [6, 6.07) is 8.37. The summed E-state index contributed by atoms with van der Waals surface area (Å²) < 4.78 is 19.2. The van der Waals surface area contributed by atoms with E-state index in [1.165, 1.54) is 6.07 Å². The quantitative estimate of drug-likeness (QED) is 0.944. The zero-order valence-electron chi connectivity index (χ0n) is 9.57. The van der Waals surface area contributed by atoms with Crippen LogP contribution >= 0.6 is 15.9 Å². The summed E-state index contributed by atoms with van der Waals surface area (Å²) in [4.78, 5) is 4.09. The van der Waals surface area contributed by atoms with Gasteiger partial charge >= 0.3 is 0 Å². The Kier molecular flexibility index (Phi) is 4.28. The molecule has 5 heteroatoms. The molecule has 2 N–H and O–H groups in total. The van der Waals surface area contributed by atoms with E-state index in [2.05, 4.69) is 20.9 Å². The van der Waals surface area contributed by atoms with Crippen LogP contribution in [0.1, 0.15) is 11.3 Å². The zero-order chi connectivity index (χ0) is 13.0. The van der Waals surface area contributed by atoms with Gasteiger partial charge in [-0.25, -0.2) is 4.39 Å². The van der Waals surface area contributed by atoms with Crippen LogP contribution in [-0.2, 0) is 13.2 Å². The molecule has 1 heterocycles. The molecule has 0 saturated carbocycles. The van der Waals surface area contributed by atoms with Crippen LogP contribution < -0.4 is 10.5 Å². The second-order valence-corrected chi connectivity index (χ2v) is 4.58. The van der Waals surface area contributed by atoms with Gasteiger partial charge in [-0.1, -0.05) is 0 Å². The molecule has 0 aliphatic rings. The number of halogens is 2. The molecule has 0 atom stereocenters. The van der Waals surface area contributed by atoms with Crippen LogP contribution in [0, 0.1) is 5.82 Å². The number of pyridine rings is 1. The Balaban J connectivity index is 2.04. The van der Waals surface area contributed by atoms with Crippen molar-refractivity contribution in [3.05, 3.63) is 58.1 Å². The van der Waals surface area contributed by atoms with Crippen LogP contribution in [0.4, 0.5) is 4.39 Å². The van der Waals surface area contributed by atoms with Crippen molar-refractivity contribution in [3.8, 4) is 5.75 Å². The summed E-state index contributed by atoms with van der Waals surface area (Å²) in [5.41, 5.74) is 7.26. The number of nitrogens with two attached hydrogens (primary N) is 1. The summed E-state index contributed by atoms with van der Waals surface area (Å²) in [6.07, 6.45) is 1.68. The largest absolute Gasteiger partial charge is 0.489 e. The highest BCUT2D eigenvalue weighted by Gasteiger charge is 2.02. The van der Waals surface area contributed by atoms with Gasteiger partial charge in [-0.2, -0.15) is 0 Å². The highest BCUT2D eigenvalue weighted by molar-refractivity contribution is 9.10. The first-order valence-corrected chi connectivity index (χ1v) is 6.20. The Labute approximate surface area is 113 Å². The van der Waals surface area contributed by atoms with Crippen molar-refractivity contribution in [1.82, 2.24) is 4.98 Å². The number of nitrogens with zero attached hydrogens (tertiary/aromatic N) is 1. The summed E-state index contributed by atoms with van der Waals surface area (Å²) in [7, 11) is 0. The van der Waals surface area contributed by atoms with Crippen LogP contribution in [0.2, 0.25) is 0 Å². The molecule has 3 nitrogen and oxygen atoms in total. The second-order valence-electron chi connectivity index (χ2n) is 3.72. The van der Waals surface area contributed by atoms with Gasteiger partial charge in [0.25, 0.3) is 0 Å². The van der Waals surface area contributed by atoms with E-state index in [4.69, 9.17) is 10.5 Å². The highest BCUT2D eigenvalue weighted by atomic mass is 79.9. The van der Waals surface area contributed by atoms with Gasteiger partial charge in [0.1, 0.15) is 18.2 Å². The lowest BCUT2D eigenvalue weighted by Gasteiger charge is -2.07. The first-order chi connectivity index (χ1) is 8.69. The molecular formula is C13H12BrFN2O. The Morgan fingerprint density at radius 2 is 2.11 bits per heavy atom. The molecule has 0 aliphatic carbocycles. The summed E-state index contributed by atoms with van der Waals surface area (Å²) in [5.74, 6) is 0.145. The smallest absolute Gasteiger partial charge is 0.141 e. The molecule has 0 unspecified atom stereocenters. The SMILES string of the molecule is NCc1cc(COc2ccc(Br)c(F)c2)ccn1. The fraction of sp³-hybridized carbons (Fsp3) is 0.154. The third-order valence-corrected chi connectivity index (χ3v) is 3.03. The minimum Gasteiger partial charge on any atom is -0.489 e. The second kappa shape index (κ2) is 5.93. The minimum atomic E-state index is -0.343. The Morgan fingerprint density at radius 3 is 2.83 bits per heavy atom. The number of benzene rings is 1. The van der Waals surface area contributed by atoms with Gasteiger partial charge in [0, 0.05) is 18.8 Å². The Morgan fingerprint density at radius 1 is 1.28 bits per heavy atom. The van der Waals surface area contributed by atoms with E-state index in [0.717, 1.165) is 11.3 Å². The van der Waals surface area contributed by atoms with Crippen LogP contribution in [0.3, 0.4) is 0 Å². The Bertz CT molecular complexity index is 548. The molecule has 0 spiro atoms. The third-order valence-electron chi connectivity index (χ3n) is 2.39. The first kappa shape index (κ1) is 13.0. The van der Waals surface area contributed by atoms with E-state index in [9.17, 15) is 4.39 Å². The zero-order valence-corrected chi connectivity index (χ0v) is 11.2. The van der Waals surface area contributed by atoms with E-state index in [1.807, 2.05) is 12.1 Å². The number of hydrogen-bond acceptors (Lipinski definition) is 3. The summed E-state index contributed by atoms with van der Waals surface area (Å²) in [6.45, 7) is 0.747. The van der Waals surface area contributed by atoms with E-state index in [1.54, 1.807) is 18.3 Å². The normalized spacial score (nSPS) is 10.4. The average Bonchev–Trinajstić information content (AvgIpc) is 2.40. The monoisotopic (exact) mass is 310 g/mol. The maximum atomic E-state index is 13.3. The topological polar surface area (TPSA) is 48.1 Å². The molecule has 94 valence electrons. The van der Waals surface area contributed by atoms with Crippen molar-refractivity contribution in [2.24, 2.45) is 5.73 Å².